The molecule has 0 aromatic heterocycles. The minimum atomic E-state index is 0.0145. The van der Waals surface area contributed by atoms with Gasteiger partial charge in [-0.1, -0.05) is 12.8 Å². The summed E-state index contributed by atoms with van der Waals surface area (Å²) >= 11 is 1.79. The average molecular weight is 257 g/mol. The van der Waals surface area contributed by atoms with E-state index in [0.29, 0.717) is 0 Å². The van der Waals surface area contributed by atoms with Gasteiger partial charge in [-0.3, -0.25) is 10.1 Å². The van der Waals surface area contributed by atoms with Crippen LogP contribution in [-0.2, 0) is 4.79 Å². The Kier molecular flexibility index (Phi) is 4.33. The zero-order valence-corrected chi connectivity index (χ0v) is 11.6. The van der Waals surface area contributed by atoms with Crippen LogP contribution in [-0.4, -0.2) is 54.7 Å². The maximum atomic E-state index is 12.0. The largest absolute Gasteiger partial charge is 0.353 e. The molecule has 0 aromatic carbocycles. The summed E-state index contributed by atoms with van der Waals surface area (Å²) in [6.45, 7) is 0.793. The number of carbonyl (C=O) groups is 1. The Morgan fingerprint density at radius 1 is 1.47 bits per heavy atom. The van der Waals surface area contributed by atoms with Crippen molar-refractivity contribution in [3.05, 3.63) is 0 Å². The van der Waals surface area contributed by atoms with E-state index in [-0.39, 0.29) is 17.5 Å². The zero-order chi connectivity index (χ0) is 12.3. The number of likely N-dealkylation sites (N-methyl/N-ethyl adjacent to an activating group) is 1. The molecular formula is C12H23N3OS. The van der Waals surface area contributed by atoms with Gasteiger partial charge in [0.1, 0.15) is 0 Å². The first-order valence-corrected chi connectivity index (χ1v) is 7.56. The van der Waals surface area contributed by atoms with Gasteiger partial charge in [0, 0.05) is 23.7 Å². The summed E-state index contributed by atoms with van der Waals surface area (Å²) in [5, 5.41) is 6.34. The number of hydrogen-bond acceptors (Lipinski definition) is 4. The molecule has 1 heterocycles. The molecular weight excluding hydrogens is 234 g/mol. The number of nitrogens with zero attached hydrogens (tertiary/aromatic N) is 1. The third-order valence-electron chi connectivity index (χ3n) is 4.11. The smallest absolute Gasteiger partial charge is 0.238 e. The minimum Gasteiger partial charge on any atom is -0.353 e. The first-order chi connectivity index (χ1) is 8.14. The van der Waals surface area contributed by atoms with Crippen LogP contribution in [0.5, 0.6) is 0 Å². The zero-order valence-electron chi connectivity index (χ0n) is 10.8. The fourth-order valence-electron chi connectivity index (χ4n) is 2.75. The second-order valence-corrected chi connectivity index (χ2v) is 6.35. The summed E-state index contributed by atoms with van der Waals surface area (Å²) in [6, 6.07) is 0.0145. The maximum Gasteiger partial charge on any atom is 0.238 e. The number of nitrogens with one attached hydrogen (secondary N) is 2. The van der Waals surface area contributed by atoms with Gasteiger partial charge in [0.2, 0.25) is 5.91 Å². The molecule has 2 rings (SSSR count). The standard InChI is InChI=1S/C12H23N3OS/c1-15(2)12(5-3-4-6-12)8-13-11(16)10-7-17-9-14-10/h10,14H,3-9H2,1-2H3,(H,13,16). The molecule has 0 spiro atoms. The third kappa shape index (κ3) is 2.95. The highest BCUT2D eigenvalue weighted by Gasteiger charge is 2.36. The van der Waals surface area contributed by atoms with E-state index >= 15 is 0 Å². The van der Waals surface area contributed by atoms with Gasteiger partial charge in [0.25, 0.3) is 0 Å². The van der Waals surface area contributed by atoms with Gasteiger partial charge < -0.3 is 10.2 Å². The highest BCUT2D eigenvalue weighted by atomic mass is 32.2. The highest BCUT2D eigenvalue weighted by Crippen LogP contribution is 2.33. The van der Waals surface area contributed by atoms with Crippen LogP contribution in [0.4, 0.5) is 0 Å². The van der Waals surface area contributed by atoms with Crippen molar-refractivity contribution in [3.63, 3.8) is 0 Å². The Labute approximate surface area is 108 Å². The third-order valence-corrected chi connectivity index (χ3v) is 5.05. The van der Waals surface area contributed by atoms with Crippen molar-refractivity contribution in [1.29, 1.82) is 0 Å². The first-order valence-electron chi connectivity index (χ1n) is 6.40. The lowest BCUT2D eigenvalue weighted by Crippen LogP contribution is -2.53. The fraction of sp³-hybridized carbons (Fsp3) is 0.917. The molecule has 98 valence electrons. The van der Waals surface area contributed by atoms with Crippen LogP contribution in [0.3, 0.4) is 0 Å². The number of thioether (sulfide) groups is 1. The molecule has 2 fully saturated rings. The van der Waals surface area contributed by atoms with E-state index in [0.717, 1.165) is 18.2 Å². The van der Waals surface area contributed by atoms with Gasteiger partial charge in [0.05, 0.1) is 6.04 Å². The molecule has 1 unspecified atom stereocenters. The van der Waals surface area contributed by atoms with Crippen LogP contribution >= 0.6 is 11.8 Å². The molecule has 0 radical (unpaired) electrons. The Morgan fingerprint density at radius 3 is 2.71 bits per heavy atom. The lowest BCUT2D eigenvalue weighted by Gasteiger charge is -2.36. The Bertz CT molecular complexity index is 271. The predicted octanol–water partition coefficient (Wildman–Crippen LogP) is 0.639. The number of carbonyl (C=O) groups excluding carboxylic acids is 1. The van der Waals surface area contributed by atoms with E-state index in [2.05, 4.69) is 29.6 Å². The number of rotatable bonds is 4. The summed E-state index contributed by atoms with van der Waals surface area (Å²) < 4.78 is 0. The average Bonchev–Trinajstić information content (AvgIpc) is 2.97. The molecule has 1 aliphatic carbocycles. The molecule has 5 heteroatoms. The number of amides is 1. The molecule has 0 aromatic rings. The summed E-state index contributed by atoms with van der Waals surface area (Å²) in [4.78, 5) is 14.3. The monoisotopic (exact) mass is 257 g/mol. The maximum absolute atomic E-state index is 12.0. The second-order valence-electron chi connectivity index (χ2n) is 5.32. The van der Waals surface area contributed by atoms with E-state index < -0.39 is 0 Å². The Hall–Kier alpha value is -0.260. The number of hydrogen-bond donors (Lipinski definition) is 2. The molecule has 1 saturated heterocycles. The van der Waals surface area contributed by atoms with Crippen LogP contribution in [0.1, 0.15) is 25.7 Å². The second kappa shape index (κ2) is 5.59. The van der Waals surface area contributed by atoms with Crippen molar-refractivity contribution in [2.24, 2.45) is 0 Å². The SMILES string of the molecule is CN(C)C1(CNC(=O)C2CSCN2)CCCC1. The van der Waals surface area contributed by atoms with Crippen molar-refractivity contribution < 1.29 is 4.79 Å². The molecule has 2 N–H and O–H groups in total. The van der Waals surface area contributed by atoms with Crippen molar-refractivity contribution in [1.82, 2.24) is 15.5 Å². The summed E-state index contributed by atoms with van der Waals surface area (Å²) in [6.07, 6.45) is 4.97. The van der Waals surface area contributed by atoms with Gasteiger partial charge in [-0.15, -0.1) is 11.8 Å². The van der Waals surface area contributed by atoms with Crippen LogP contribution in [0, 0.1) is 0 Å². The summed E-state index contributed by atoms with van der Waals surface area (Å²) in [5.41, 5.74) is 0.196. The van der Waals surface area contributed by atoms with E-state index in [1.807, 2.05) is 0 Å². The van der Waals surface area contributed by atoms with Crippen LogP contribution in [0.25, 0.3) is 0 Å². The first kappa shape index (κ1) is 13.2. The van der Waals surface area contributed by atoms with Gasteiger partial charge >= 0.3 is 0 Å². The Morgan fingerprint density at radius 2 is 2.18 bits per heavy atom. The highest BCUT2D eigenvalue weighted by molar-refractivity contribution is 7.99. The lowest BCUT2D eigenvalue weighted by molar-refractivity contribution is -0.123. The molecule has 1 saturated carbocycles. The molecule has 4 nitrogen and oxygen atoms in total. The van der Waals surface area contributed by atoms with Crippen LogP contribution < -0.4 is 10.6 Å². The van der Waals surface area contributed by atoms with E-state index in [1.165, 1.54) is 25.7 Å². The molecule has 1 aliphatic heterocycles. The summed E-state index contributed by atoms with van der Waals surface area (Å²) in [5.74, 6) is 1.97. The van der Waals surface area contributed by atoms with E-state index in [4.69, 9.17) is 0 Å². The van der Waals surface area contributed by atoms with Gasteiger partial charge in [-0.05, 0) is 26.9 Å². The predicted molar refractivity (Wildman–Crippen MR) is 72.1 cm³/mol. The van der Waals surface area contributed by atoms with E-state index in [9.17, 15) is 4.79 Å². The van der Waals surface area contributed by atoms with E-state index in [1.54, 1.807) is 11.8 Å². The Balaban J connectivity index is 1.85. The van der Waals surface area contributed by atoms with Crippen LogP contribution in [0.15, 0.2) is 0 Å². The van der Waals surface area contributed by atoms with Crippen molar-refractivity contribution in [3.8, 4) is 0 Å². The van der Waals surface area contributed by atoms with Gasteiger partial charge in [0.15, 0.2) is 0 Å². The van der Waals surface area contributed by atoms with Crippen molar-refractivity contribution in [2.75, 3.05) is 32.3 Å². The topological polar surface area (TPSA) is 44.4 Å². The molecule has 1 amide bonds. The van der Waals surface area contributed by atoms with Crippen molar-refractivity contribution >= 4 is 17.7 Å². The molecule has 2 aliphatic rings. The molecule has 17 heavy (non-hydrogen) atoms. The molecule has 0 bridgehead atoms. The van der Waals surface area contributed by atoms with Gasteiger partial charge in [-0.2, -0.15) is 0 Å². The van der Waals surface area contributed by atoms with Crippen LogP contribution in [0.2, 0.25) is 0 Å². The minimum absolute atomic E-state index is 0.0145. The quantitative estimate of drug-likeness (QED) is 0.776. The lowest BCUT2D eigenvalue weighted by atomic mass is 9.96. The normalized spacial score (nSPS) is 27.6. The summed E-state index contributed by atoms with van der Waals surface area (Å²) in [7, 11) is 4.25. The fourth-order valence-corrected chi connectivity index (χ4v) is 3.70. The van der Waals surface area contributed by atoms with Crippen molar-refractivity contribution in [2.45, 2.75) is 37.3 Å². The molecule has 1 atom stereocenters. The van der Waals surface area contributed by atoms with Gasteiger partial charge in [-0.25, -0.2) is 0 Å².